The molecule has 3 N–H and O–H groups in total. The van der Waals surface area contributed by atoms with Crippen molar-refractivity contribution >= 4 is 27.3 Å². The molecule has 3 rings (SSSR count). The smallest absolute Gasteiger partial charge is 0.290 e. The highest BCUT2D eigenvalue weighted by molar-refractivity contribution is 7.91. The number of nitrogens with one attached hydrogen (secondary N) is 2. The van der Waals surface area contributed by atoms with Crippen molar-refractivity contribution in [3.63, 3.8) is 0 Å². The maximum absolute atomic E-state index is 14.5. The van der Waals surface area contributed by atoms with Crippen molar-refractivity contribution in [2.75, 3.05) is 16.8 Å². The van der Waals surface area contributed by atoms with Gasteiger partial charge in [-0.3, -0.25) is 9.59 Å². The molecule has 0 aliphatic carbocycles. The first-order valence-electron chi connectivity index (χ1n) is 10.1. The molecular weight excluding hydrogens is 441 g/mol. The lowest BCUT2D eigenvalue weighted by Gasteiger charge is -2.29. The van der Waals surface area contributed by atoms with Gasteiger partial charge in [0.05, 0.1) is 17.6 Å². The predicted octanol–water partition coefficient (Wildman–Crippen LogP) is 2.38. The van der Waals surface area contributed by atoms with E-state index in [4.69, 9.17) is 4.52 Å². The van der Waals surface area contributed by atoms with Gasteiger partial charge in [0.15, 0.2) is 0 Å². The van der Waals surface area contributed by atoms with Gasteiger partial charge < -0.3 is 20.3 Å². The van der Waals surface area contributed by atoms with Crippen LogP contribution in [0.2, 0.25) is 0 Å². The van der Waals surface area contributed by atoms with Gasteiger partial charge in [0.1, 0.15) is 21.7 Å². The van der Waals surface area contributed by atoms with Crippen LogP contribution >= 0.6 is 0 Å². The van der Waals surface area contributed by atoms with Crippen molar-refractivity contribution in [3.05, 3.63) is 41.4 Å². The lowest BCUT2D eigenvalue weighted by atomic mass is 9.86. The molecule has 0 bridgehead atoms. The SMILES string of the molecule is CC(C)(C)c1ccc(NC(=O)C(NC(=O)c2cc(O)no2)C2CCS(=O)(=O)CC2)cc1F. The summed E-state index contributed by atoms with van der Waals surface area (Å²) < 4.78 is 42.8. The molecule has 0 saturated carbocycles. The number of nitrogens with zero attached hydrogens (tertiary/aromatic N) is 1. The molecular formula is C21H26FN3O6S. The Balaban J connectivity index is 1.81. The van der Waals surface area contributed by atoms with Crippen molar-refractivity contribution in [2.45, 2.75) is 45.1 Å². The summed E-state index contributed by atoms with van der Waals surface area (Å²) in [5.41, 5.74) is 0.280. The lowest BCUT2D eigenvalue weighted by molar-refractivity contribution is -0.119. The zero-order valence-electron chi connectivity index (χ0n) is 18.0. The van der Waals surface area contributed by atoms with Crippen LogP contribution in [0.4, 0.5) is 10.1 Å². The number of anilines is 1. The average Bonchev–Trinajstić information content (AvgIpc) is 3.12. The summed E-state index contributed by atoms with van der Waals surface area (Å²) in [4.78, 5) is 25.5. The van der Waals surface area contributed by atoms with E-state index in [0.29, 0.717) is 5.56 Å². The van der Waals surface area contributed by atoms with Crippen molar-refractivity contribution in [2.24, 2.45) is 5.92 Å². The second-order valence-corrected chi connectivity index (χ2v) is 11.2. The fraction of sp³-hybridized carbons (Fsp3) is 0.476. The molecule has 0 radical (unpaired) electrons. The van der Waals surface area contributed by atoms with E-state index in [1.807, 2.05) is 20.8 Å². The molecule has 9 nitrogen and oxygen atoms in total. The number of sulfone groups is 1. The molecule has 1 aromatic heterocycles. The molecule has 0 spiro atoms. The molecule has 1 aromatic carbocycles. The first-order valence-corrected chi connectivity index (χ1v) is 12.0. The van der Waals surface area contributed by atoms with Crippen LogP contribution in [0.5, 0.6) is 5.88 Å². The van der Waals surface area contributed by atoms with Crippen molar-refractivity contribution in [1.82, 2.24) is 10.5 Å². The summed E-state index contributed by atoms with van der Waals surface area (Å²) in [5, 5.41) is 17.6. The van der Waals surface area contributed by atoms with Gasteiger partial charge in [0.2, 0.25) is 11.7 Å². The van der Waals surface area contributed by atoms with Crippen molar-refractivity contribution < 1.29 is 32.0 Å². The quantitative estimate of drug-likeness (QED) is 0.614. The number of halogens is 1. The normalized spacial score (nSPS) is 17.5. The first-order chi connectivity index (χ1) is 14.9. The molecule has 11 heteroatoms. The molecule has 2 heterocycles. The van der Waals surface area contributed by atoms with E-state index >= 15 is 0 Å². The highest BCUT2D eigenvalue weighted by atomic mass is 32.2. The van der Waals surface area contributed by atoms with Gasteiger partial charge in [0.25, 0.3) is 11.8 Å². The third-order valence-electron chi connectivity index (χ3n) is 5.41. The van der Waals surface area contributed by atoms with E-state index in [-0.39, 0.29) is 35.8 Å². The van der Waals surface area contributed by atoms with Crippen LogP contribution in [-0.4, -0.2) is 48.0 Å². The topological polar surface area (TPSA) is 139 Å². The summed E-state index contributed by atoms with van der Waals surface area (Å²) >= 11 is 0. The Kier molecular flexibility index (Phi) is 6.59. The van der Waals surface area contributed by atoms with E-state index in [0.717, 1.165) is 6.07 Å². The zero-order valence-corrected chi connectivity index (χ0v) is 18.8. The molecule has 1 aliphatic heterocycles. The van der Waals surface area contributed by atoms with E-state index in [1.165, 1.54) is 6.07 Å². The minimum atomic E-state index is -3.19. The first kappa shape index (κ1) is 23.7. The number of amides is 2. The number of aromatic nitrogens is 1. The van der Waals surface area contributed by atoms with Gasteiger partial charge in [-0.2, -0.15) is 0 Å². The maximum Gasteiger partial charge on any atom is 0.290 e. The Hall–Kier alpha value is -2.95. The van der Waals surface area contributed by atoms with Crippen LogP contribution in [-0.2, 0) is 20.0 Å². The molecule has 1 aliphatic rings. The molecule has 2 aromatic rings. The van der Waals surface area contributed by atoms with Crippen LogP contribution in [0, 0.1) is 11.7 Å². The predicted molar refractivity (Wildman–Crippen MR) is 115 cm³/mol. The summed E-state index contributed by atoms with van der Waals surface area (Å²) in [6, 6.07) is 4.26. The van der Waals surface area contributed by atoms with E-state index in [2.05, 4.69) is 15.8 Å². The van der Waals surface area contributed by atoms with Crippen LogP contribution < -0.4 is 10.6 Å². The number of hydrogen-bond donors (Lipinski definition) is 3. The third-order valence-corrected chi connectivity index (χ3v) is 7.12. The second-order valence-electron chi connectivity index (χ2n) is 8.92. The van der Waals surface area contributed by atoms with Crippen LogP contribution in [0.25, 0.3) is 0 Å². The van der Waals surface area contributed by atoms with Crippen molar-refractivity contribution in [3.8, 4) is 5.88 Å². The summed E-state index contributed by atoms with van der Waals surface area (Å²) in [7, 11) is -3.19. The van der Waals surface area contributed by atoms with Gasteiger partial charge in [-0.15, -0.1) is 0 Å². The molecule has 1 atom stereocenters. The highest BCUT2D eigenvalue weighted by Crippen LogP contribution is 2.28. The number of hydrogen-bond acceptors (Lipinski definition) is 7. The standard InChI is InChI=1S/C21H26FN3O6S/c1-21(2,3)14-5-4-13(10-15(14)22)23-20(28)18(12-6-8-32(29,30)9-7-12)24-19(27)16-11-17(26)25-31-16/h4-5,10-12,18H,6-9H2,1-3H3,(H,23,28)(H,24,27)(H,25,26). The van der Waals surface area contributed by atoms with E-state index in [9.17, 15) is 27.5 Å². The number of carbonyl (C=O) groups is 2. The number of rotatable bonds is 5. The second kappa shape index (κ2) is 8.89. The summed E-state index contributed by atoms with van der Waals surface area (Å²) in [6.07, 6.45) is 0.360. The van der Waals surface area contributed by atoms with Crippen LogP contribution in [0.3, 0.4) is 0 Å². The minimum Gasteiger partial charge on any atom is -0.491 e. The summed E-state index contributed by atoms with van der Waals surface area (Å²) in [5.74, 6) is -3.34. The Morgan fingerprint density at radius 2 is 1.88 bits per heavy atom. The van der Waals surface area contributed by atoms with Gasteiger partial charge in [-0.1, -0.05) is 26.8 Å². The van der Waals surface area contributed by atoms with E-state index < -0.39 is 50.7 Å². The number of benzene rings is 1. The van der Waals surface area contributed by atoms with E-state index in [1.54, 1.807) is 12.1 Å². The monoisotopic (exact) mass is 467 g/mol. The molecule has 32 heavy (non-hydrogen) atoms. The Morgan fingerprint density at radius 3 is 2.41 bits per heavy atom. The number of carbonyl (C=O) groups excluding carboxylic acids is 2. The van der Waals surface area contributed by atoms with Crippen LogP contribution in [0.1, 0.15) is 49.7 Å². The maximum atomic E-state index is 14.5. The van der Waals surface area contributed by atoms with Gasteiger partial charge in [-0.05, 0) is 47.0 Å². The highest BCUT2D eigenvalue weighted by Gasteiger charge is 2.35. The van der Waals surface area contributed by atoms with Gasteiger partial charge in [-0.25, -0.2) is 12.8 Å². The fourth-order valence-electron chi connectivity index (χ4n) is 3.65. The molecule has 1 unspecified atom stereocenters. The Labute approximate surface area is 185 Å². The van der Waals surface area contributed by atoms with Gasteiger partial charge in [0, 0.05) is 5.69 Å². The largest absolute Gasteiger partial charge is 0.491 e. The lowest BCUT2D eigenvalue weighted by Crippen LogP contribution is -2.50. The average molecular weight is 468 g/mol. The number of aromatic hydroxyl groups is 1. The fourth-order valence-corrected chi connectivity index (χ4v) is 5.17. The zero-order chi connectivity index (χ0) is 23.7. The molecule has 2 amide bonds. The molecule has 174 valence electrons. The van der Waals surface area contributed by atoms with Crippen LogP contribution in [0.15, 0.2) is 28.8 Å². The Morgan fingerprint density at radius 1 is 1.22 bits per heavy atom. The van der Waals surface area contributed by atoms with Gasteiger partial charge >= 0.3 is 0 Å². The molecule has 1 saturated heterocycles. The molecule has 1 fully saturated rings. The van der Waals surface area contributed by atoms with Crippen molar-refractivity contribution in [1.29, 1.82) is 0 Å². The Bertz CT molecular complexity index is 1110. The third kappa shape index (κ3) is 5.64. The minimum absolute atomic E-state index is 0.102. The summed E-state index contributed by atoms with van der Waals surface area (Å²) in [6.45, 7) is 5.61.